The molecule has 0 spiro atoms. The minimum absolute atomic E-state index is 0.0276. The van der Waals surface area contributed by atoms with Crippen LogP contribution in [0.4, 0.5) is 18.9 Å². The first-order chi connectivity index (χ1) is 19.5. The molecule has 1 aliphatic carbocycles. The molecule has 1 aliphatic rings. The Balaban J connectivity index is 2.52. The lowest BCUT2D eigenvalue weighted by Gasteiger charge is -2.24. The first-order valence-electron chi connectivity index (χ1n) is 13.2. The number of carbonyl (C=O) groups excluding carboxylic acids is 1. The molecule has 7 nitrogen and oxygen atoms in total. The fraction of sp³-hybridized carbons (Fsp3) is 0.323. The molecular weight excluding hydrogens is 535 g/mol. The van der Waals surface area contributed by atoms with E-state index in [9.17, 15) is 33.0 Å². The number of rotatable bonds is 13. The van der Waals surface area contributed by atoms with Crippen LogP contribution < -0.4 is 10.3 Å². The van der Waals surface area contributed by atoms with E-state index in [0.29, 0.717) is 54.6 Å². The highest BCUT2D eigenvalue weighted by molar-refractivity contribution is 6.05. The fourth-order valence-electron chi connectivity index (χ4n) is 4.14. The largest absolute Gasteiger partial charge is 0.510 e. The highest BCUT2D eigenvalue weighted by Gasteiger charge is 2.32. The van der Waals surface area contributed by atoms with Crippen LogP contribution in [0.2, 0.25) is 0 Å². The van der Waals surface area contributed by atoms with Gasteiger partial charge in [-0.2, -0.15) is 18.3 Å². The number of amides is 1. The van der Waals surface area contributed by atoms with E-state index in [2.05, 4.69) is 10.5 Å². The van der Waals surface area contributed by atoms with Crippen molar-refractivity contribution in [3.05, 3.63) is 101 Å². The molecule has 1 aromatic carbocycles. The lowest BCUT2D eigenvalue weighted by atomic mass is 10.0. The number of aliphatic hydroxyl groups is 1. The van der Waals surface area contributed by atoms with Crippen molar-refractivity contribution in [2.75, 3.05) is 4.90 Å². The van der Waals surface area contributed by atoms with Crippen LogP contribution in [-0.4, -0.2) is 34.3 Å². The van der Waals surface area contributed by atoms with E-state index in [-0.39, 0.29) is 17.0 Å². The number of carbonyl (C=O) groups is 2. The van der Waals surface area contributed by atoms with Gasteiger partial charge in [0, 0.05) is 11.3 Å². The van der Waals surface area contributed by atoms with Crippen LogP contribution >= 0.6 is 0 Å². The van der Waals surface area contributed by atoms with Gasteiger partial charge in [0.25, 0.3) is 0 Å². The minimum atomic E-state index is -4.61. The maximum absolute atomic E-state index is 13.6. The van der Waals surface area contributed by atoms with E-state index in [1.165, 1.54) is 23.1 Å². The molecule has 41 heavy (non-hydrogen) atoms. The lowest BCUT2D eigenvalue weighted by Crippen LogP contribution is -2.28. The number of aliphatic carboxylic acids is 1. The third-order valence-electron chi connectivity index (χ3n) is 6.36. The van der Waals surface area contributed by atoms with Crippen molar-refractivity contribution in [1.29, 1.82) is 0 Å². The molecule has 1 unspecified atom stereocenters. The Kier molecular flexibility index (Phi) is 12.4. The third-order valence-corrected chi connectivity index (χ3v) is 6.36. The third kappa shape index (κ3) is 9.37. The number of hydrazone groups is 1. The van der Waals surface area contributed by atoms with Crippen LogP contribution in [0.3, 0.4) is 0 Å². The SMILES string of the molecule is C/C=C\CCC(N/N=C(\C)c1ccc(C(F)(F)F)cc1N(C=O)/C(=C/C)CC)/C(O)=C/C1=CC(C(=O)O)=CCC=C1. The summed E-state index contributed by atoms with van der Waals surface area (Å²) in [6.07, 6.45) is 11.1. The Bertz CT molecular complexity index is 1320. The molecule has 1 atom stereocenters. The Morgan fingerprint density at radius 3 is 2.56 bits per heavy atom. The molecule has 3 N–H and O–H groups in total. The predicted molar refractivity (Wildman–Crippen MR) is 155 cm³/mol. The molecule has 0 bridgehead atoms. The van der Waals surface area contributed by atoms with E-state index in [4.69, 9.17) is 0 Å². The summed E-state index contributed by atoms with van der Waals surface area (Å²) < 4.78 is 40.7. The quantitative estimate of drug-likeness (QED) is 0.0755. The molecule has 0 aromatic heterocycles. The second-order valence-electron chi connectivity index (χ2n) is 9.18. The molecule has 1 aromatic rings. The topological polar surface area (TPSA) is 102 Å². The number of aliphatic hydroxyl groups excluding tert-OH is 1. The van der Waals surface area contributed by atoms with Crippen molar-refractivity contribution in [2.24, 2.45) is 5.10 Å². The van der Waals surface area contributed by atoms with Gasteiger partial charge in [0.2, 0.25) is 6.41 Å². The van der Waals surface area contributed by atoms with Crippen molar-refractivity contribution < 1.29 is 33.0 Å². The number of alkyl halides is 3. The highest BCUT2D eigenvalue weighted by atomic mass is 19.4. The van der Waals surface area contributed by atoms with Gasteiger partial charge in [0.1, 0.15) is 11.8 Å². The van der Waals surface area contributed by atoms with Gasteiger partial charge in [0.05, 0.1) is 22.5 Å². The minimum Gasteiger partial charge on any atom is -0.510 e. The van der Waals surface area contributed by atoms with Crippen molar-refractivity contribution >= 4 is 23.8 Å². The number of carboxylic acids is 1. The summed E-state index contributed by atoms with van der Waals surface area (Å²) in [5, 5.41) is 24.7. The van der Waals surface area contributed by atoms with Crippen molar-refractivity contribution in [3.8, 4) is 0 Å². The zero-order valence-electron chi connectivity index (χ0n) is 23.6. The van der Waals surface area contributed by atoms with Crippen LogP contribution in [-0.2, 0) is 15.8 Å². The van der Waals surface area contributed by atoms with E-state index in [1.807, 2.05) is 19.1 Å². The number of hydrogen-bond acceptors (Lipinski definition) is 5. The Hall–Kier alpha value is -4.34. The zero-order chi connectivity index (χ0) is 30.6. The summed E-state index contributed by atoms with van der Waals surface area (Å²) in [5.74, 6) is -1.18. The maximum Gasteiger partial charge on any atom is 0.416 e. The summed E-state index contributed by atoms with van der Waals surface area (Å²) in [7, 11) is 0. The predicted octanol–water partition coefficient (Wildman–Crippen LogP) is 7.36. The monoisotopic (exact) mass is 571 g/mol. The number of nitrogens with zero attached hydrogens (tertiary/aromatic N) is 2. The smallest absolute Gasteiger partial charge is 0.416 e. The van der Waals surface area contributed by atoms with Crippen LogP contribution in [0.15, 0.2) is 94.5 Å². The van der Waals surface area contributed by atoms with Gasteiger partial charge in [-0.3, -0.25) is 15.1 Å². The highest BCUT2D eigenvalue weighted by Crippen LogP contribution is 2.35. The van der Waals surface area contributed by atoms with Gasteiger partial charge in [-0.1, -0.05) is 49.4 Å². The summed E-state index contributed by atoms with van der Waals surface area (Å²) >= 11 is 0. The zero-order valence-corrected chi connectivity index (χ0v) is 23.6. The van der Waals surface area contributed by atoms with Crippen molar-refractivity contribution in [2.45, 2.75) is 65.6 Å². The van der Waals surface area contributed by atoms with E-state index in [0.717, 1.165) is 12.1 Å². The van der Waals surface area contributed by atoms with E-state index in [1.54, 1.807) is 45.1 Å². The molecule has 0 radical (unpaired) electrons. The van der Waals surface area contributed by atoms with Crippen LogP contribution in [0.1, 0.15) is 64.5 Å². The Morgan fingerprint density at radius 2 is 1.98 bits per heavy atom. The van der Waals surface area contributed by atoms with Crippen LogP contribution in [0.5, 0.6) is 0 Å². The number of benzene rings is 1. The average Bonchev–Trinajstić information content (AvgIpc) is 3.18. The summed E-state index contributed by atoms with van der Waals surface area (Å²) in [6, 6.07) is 2.42. The van der Waals surface area contributed by atoms with E-state index >= 15 is 0 Å². The van der Waals surface area contributed by atoms with Crippen molar-refractivity contribution in [1.82, 2.24) is 5.43 Å². The molecule has 220 valence electrons. The first kappa shape index (κ1) is 32.9. The number of carboxylic acid groups (broad SMARTS) is 1. The first-order valence-corrected chi connectivity index (χ1v) is 13.2. The van der Waals surface area contributed by atoms with Gasteiger partial charge in [-0.25, -0.2) is 4.79 Å². The fourth-order valence-corrected chi connectivity index (χ4v) is 4.14. The molecule has 10 heteroatoms. The molecule has 0 aliphatic heterocycles. The number of hydrogen-bond donors (Lipinski definition) is 3. The molecule has 0 saturated carbocycles. The molecule has 0 saturated heterocycles. The van der Waals surface area contributed by atoms with E-state index < -0.39 is 23.8 Å². The van der Waals surface area contributed by atoms with Gasteiger partial charge in [-0.05, 0) is 76.3 Å². The second-order valence-corrected chi connectivity index (χ2v) is 9.18. The standard InChI is InChI=1S/C31H36F3N3O4/c1-5-8-9-14-27(29(39)18-22-12-10-11-13-23(17-22)30(40)41)36-35-21(4)26-16-15-24(31(32,33)34)19-28(26)37(20-38)25(6-2)7-3/h5-6,8,10,12-13,15-20,27,36,39H,7,9,11,14H2,1-4H3,(H,40,41)/b8-5-,25-6+,29-18-,35-21+. The molecule has 0 fully saturated rings. The van der Waals surface area contributed by atoms with Gasteiger partial charge >= 0.3 is 12.1 Å². The molecule has 2 rings (SSSR count). The Morgan fingerprint density at radius 1 is 1.24 bits per heavy atom. The van der Waals surface area contributed by atoms with Crippen LogP contribution in [0, 0.1) is 0 Å². The number of allylic oxidation sites excluding steroid dienone is 9. The average molecular weight is 572 g/mol. The van der Waals surface area contributed by atoms with Gasteiger partial charge in [-0.15, -0.1) is 0 Å². The lowest BCUT2D eigenvalue weighted by molar-refractivity contribution is -0.137. The second kappa shape index (κ2) is 15.4. The number of halogens is 3. The number of nitrogens with one attached hydrogen (secondary N) is 1. The Labute approximate surface area is 238 Å². The summed E-state index contributed by atoms with van der Waals surface area (Å²) in [5.41, 5.74) is 3.73. The van der Waals surface area contributed by atoms with Gasteiger partial charge < -0.3 is 10.2 Å². The van der Waals surface area contributed by atoms with Crippen LogP contribution in [0.25, 0.3) is 0 Å². The van der Waals surface area contributed by atoms with Crippen molar-refractivity contribution in [3.63, 3.8) is 0 Å². The summed E-state index contributed by atoms with van der Waals surface area (Å²) in [6.45, 7) is 6.94. The summed E-state index contributed by atoms with van der Waals surface area (Å²) in [4.78, 5) is 24.7. The molecule has 1 amide bonds. The normalized spacial score (nSPS) is 15.7. The molecule has 0 heterocycles. The number of anilines is 1. The molecular formula is C31H36F3N3O4. The maximum atomic E-state index is 13.6. The van der Waals surface area contributed by atoms with Gasteiger partial charge in [0.15, 0.2) is 0 Å².